The zero-order valence-corrected chi connectivity index (χ0v) is 10.6. The maximum Gasteiger partial charge on any atom is 0.303 e. The lowest BCUT2D eigenvalue weighted by Crippen LogP contribution is -2.20. The van der Waals surface area contributed by atoms with Gasteiger partial charge in [-0.25, -0.2) is 0 Å². The summed E-state index contributed by atoms with van der Waals surface area (Å²) in [6.07, 6.45) is -0.0943. The number of benzene rings is 1. The third kappa shape index (κ3) is 4.57. The molecule has 17 heavy (non-hydrogen) atoms. The summed E-state index contributed by atoms with van der Waals surface area (Å²) in [4.78, 5) is 10.7. The monoisotopic (exact) mass is 236 g/mol. The van der Waals surface area contributed by atoms with Gasteiger partial charge < -0.3 is 10.2 Å². The summed E-state index contributed by atoms with van der Waals surface area (Å²) in [6.45, 7) is 5.71. The fourth-order valence-electron chi connectivity index (χ4n) is 1.91. The van der Waals surface area contributed by atoms with E-state index in [-0.39, 0.29) is 6.42 Å². The van der Waals surface area contributed by atoms with E-state index in [1.165, 1.54) is 0 Å². The van der Waals surface area contributed by atoms with Gasteiger partial charge in [0.15, 0.2) is 0 Å². The zero-order chi connectivity index (χ0) is 13.1. The van der Waals surface area contributed by atoms with E-state index in [2.05, 4.69) is 0 Å². The number of rotatable bonds is 5. The van der Waals surface area contributed by atoms with Crippen LogP contribution in [0.25, 0.3) is 0 Å². The molecular formula is C14H20O3. The van der Waals surface area contributed by atoms with E-state index in [1.807, 2.05) is 45.0 Å². The van der Waals surface area contributed by atoms with Gasteiger partial charge in [-0.15, -0.1) is 0 Å². The second-order valence-electron chi connectivity index (χ2n) is 5.37. The second-order valence-corrected chi connectivity index (χ2v) is 5.37. The average Bonchev–Trinajstić information content (AvgIpc) is 2.15. The lowest BCUT2D eigenvalue weighted by Gasteiger charge is -2.25. The van der Waals surface area contributed by atoms with Gasteiger partial charge in [0.05, 0.1) is 12.5 Å². The molecule has 0 aliphatic heterocycles. The maximum atomic E-state index is 10.7. The minimum atomic E-state index is -0.828. The van der Waals surface area contributed by atoms with Crippen molar-refractivity contribution in [3.63, 3.8) is 0 Å². The van der Waals surface area contributed by atoms with Gasteiger partial charge in [-0.2, -0.15) is 0 Å². The molecule has 0 aliphatic rings. The number of aliphatic carboxylic acids is 1. The molecule has 0 fully saturated rings. The van der Waals surface area contributed by atoms with Gasteiger partial charge in [0, 0.05) is 0 Å². The van der Waals surface area contributed by atoms with Gasteiger partial charge in [0.25, 0.3) is 0 Å². The third-order valence-electron chi connectivity index (χ3n) is 2.84. The highest BCUT2D eigenvalue weighted by Gasteiger charge is 2.25. The van der Waals surface area contributed by atoms with Crippen molar-refractivity contribution in [2.45, 2.75) is 39.7 Å². The standard InChI is InChI=1S/C14H20O3/c1-10-4-6-11(7-5-10)12(15)8-14(2,3)9-13(16)17/h4-7,12,15H,8-9H2,1-3H3,(H,16,17). The lowest BCUT2D eigenvalue weighted by atomic mass is 9.82. The molecule has 3 heteroatoms. The topological polar surface area (TPSA) is 57.5 Å². The van der Waals surface area contributed by atoms with E-state index in [1.54, 1.807) is 0 Å². The highest BCUT2D eigenvalue weighted by atomic mass is 16.4. The highest BCUT2D eigenvalue weighted by Crippen LogP contribution is 2.32. The number of hydrogen-bond donors (Lipinski definition) is 2. The molecule has 0 spiro atoms. The molecular weight excluding hydrogens is 216 g/mol. The Hall–Kier alpha value is -1.35. The van der Waals surface area contributed by atoms with E-state index in [4.69, 9.17) is 5.11 Å². The van der Waals surface area contributed by atoms with Crippen molar-refractivity contribution in [2.24, 2.45) is 5.41 Å². The minimum Gasteiger partial charge on any atom is -0.481 e. The molecule has 1 aromatic carbocycles. The normalized spacial score (nSPS) is 13.4. The molecule has 0 radical (unpaired) electrons. The predicted molar refractivity (Wildman–Crippen MR) is 66.8 cm³/mol. The van der Waals surface area contributed by atoms with Crippen LogP contribution in [0.4, 0.5) is 0 Å². The van der Waals surface area contributed by atoms with Crippen LogP contribution in [0.1, 0.15) is 43.9 Å². The quantitative estimate of drug-likeness (QED) is 0.826. The van der Waals surface area contributed by atoms with Crippen LogP contribution in [0.2, 0.25) is 0 Å². The first-order valence-electron chi connectivity index (χ1n) is 5.76. The molecule has 0 bridgehead atoms. The fourth-order valence-corrected chi connectivity index (χ4v) is 1.91. The van der Waals surface area contributed by atoms with Crippen LogP contribution in [-0.2, 0) is 4.79 Å². The molecule has 0 amide bonds. The van der Waals surface area contributed by atoms with Gasteiger partial charge >= 0.3 is 5.97 Å². The van der Waals surface area contributed by atoms with Gasteiger partial charge in [-0.05, 0) is 24.3 Å². The summed E-state index contributed by atoms with van der Waals surface area (Å²) in [5.41, 5.74) is 1.58. The molecule has 0 heterocycles. The van der Waals surface area contributed by atoms with Crippen LogP contribution in [0, 0.1) is 12.3 Å². The maximum absolute atomic E-state index is 10.7. The van der Waals surface area contributed by atoms with Gasteiger partial charge in [0.2, 0.25) is 0 Å². The number of aryl methyl sites for hydroxylation is 1. The Labute approximate surface area is 102 Å². The van der Waals surface area contributed by atoms with Crippen molar-refractivity contribution in [3.05, 3.63) is 35.4 Å². The summed E-state index contributed by atoms with van der Waals surface area (Å²) in [5.74, 6) is -0.828. The van der Waals surface area contributed by atoms with Crippen molar-refractivity contribution >= 4 is 5.97 Å². The molecule has 2 N–H and O–H groups in total. The number of aliphatic hydroxyl groups excluding tert-OH is 1. The average molecular weight is 236 g/mol. The number of carboxylic acids is 1. The van der Waals surface area contributed by atoms with E-state index in [0.29, 0.717) is 6.42 Å². The Morgan fingerprint density at radius 3 is 2.29 bits per heavy atom. The summed E-state index contributed by atoms with van der Waals surface area (Å²) < 4.78 is 0. The first-order chi connectivity index (χ1) is 7.80. The fraction of sp³-hybridized carbons (Fsp3) is 0.500. The van der Waals surface area contributed by atoms with E-state index in [0.717, 1.165) is 11.1 Å². The summed E-state index contributed by atoms with van der Waals surface area (Å²) in [7, 11) is 0. The summed E-state index contributed by atoms with van der Waals surface area (Å²) in [5, 5.41) is 18.9. The van der Waals surface area contributed by atoms with Crippen LogP contribution in [0.15, 0.2) is 24.3 Å². The molecule has 94 valence electrons. The van der Waals surface area contributed by atoms with E-state index >= 15 is 0 Å². The van der Waals surface area contributed by atoms with Crippen molar-refractivity contribution in [3.8, 4) is 0 Å². The SMILES string of the molecule is Cc1ccc(C(O)CC(C)(C)CC(=O)O)cc1. The predicted octanol–water partition coefficient (Wildman–Crippen LogP) is 2.92. The van der Waals surface area contributed by atoms with Crippen LogP contribution in [0.5, 0.6) is 0 Å². The van der Waals surface area contributed by atoms with Crippen molar-refractivity contribution in [2.75, 3.05) is 0 Å². The third-order valence-corrected chi connectivity index (χ3v) is 2.84. The number of aliphatic hydroxyl groups is 1. The van der Waals surface area contributed by atoms with Crippen LogP contribution >= 0.6 is 0 Å². The second kappa shape index (κ2) is 5.32. The van der Waals surface area contributed by atoms with Gasteiger partial charge in [0.1, 0.15) is 0 Å². The number of hydrogen-bond acceptors (Lipinski definition) is 2. The smallest absolute Gasteiger partial charge is 0.303 e. The van der Waals surface area contributed by atoms with Crippen molar-refractivity contribution < 1.29 is 15.0 Å². The number of carbonyl (C=O) groups is 1. The molecule has 0 aliphatic carbocycles. The molecule has 0 saturated carbocycles. The Balaban J connectivity index is 2.68. The lowest BCUT2D eigenvalue weighted by molar-refractivity contribution is -0.139. The van der Waals surface area contributed by atoms with E-state index in [9.17, 15) is 9.90 Å². The molecule has 0 saturated heterocycles. The van der Waals surface area contributed by atoms with Crippen LogP contribution in [-0.4, -0.2) is 16.2 Å². The van der Waals surface area contributed by atoms with Crippen LogP contribution < -0.4 is 0 Å². The van der Waals surface area contributed by atoms with Gasteiger partial charge in [-0.3, -0.25) is 4.79 Å². The molecule has 1 aromatic rings. The Morgan fingerprint density at radius 1 is 1.29 bits per heavy atom. The number of carboxylic acid groups (broad SMARTS) is 1. The first kappa shape index (κ1) is 13.7. The largest absolute Gasteiger partial charge is 0.481 e. The highest BCUT2D eigenvalue weighted by molar-refractivity contribution is 5.67. The minimum absolute atomic E-state index is 0.0654. The van der Waals surface area contributed by atoms with E-state index < -0.39 is 17.5 Å². The Bertz CT molecular complexity index is 379. The van der Waals surface area contributed by atoms with Crippen LogP contribution in [0.3, 0.4) is 0 Å². The molecule has 0 aromatic heterocycles. The first-order valence-corrected chi connectivity index (χ1v) is 5.76. The van der Waals surface area contributed by atoms with Gasteiger partial charge in [-0.1, -0.05) is 43.7 Å². The summed E-state index contributed by atoms with van der Waals surface area (Å²) >= 11 is 0. The molecule has 1 atom stereocenters. The van der Waals surface area contributed by atoms with Crippen molar-refractivity contribution in [1.29, 1.82) is 0 Å². The van der Waals surface area contributed by atoms with Crippen molar-refractivity contribution in [1.82, 2.24) is 0 Å². The zero-order valence-electron chi connectivity index (χ0n) is 10.6. The molecule has 1 rings (SSSR count). The molecule has 3 nitrogen and oxygen atoms in total. The molecule has 1 unspecified atom stereocenters. The summed E-state index contributed by atoms with van der Waals surface area (Å²) in [6, 6.07) is 7.67. The Kier molecular flexibility index (Phi) is 4.29. The Morgan fingerprint density at radius 2 is 1.82 bits per heavy atom.